The first kappa shape index (κ1) is 13.6. The summed E-state index contributed by atoms with van der Waals surface area (Å²) in [5.74, 6) is 2.78. The molecular formula is C13H16BrN5O. The topological polar surface area (TPSA) is 67.9 Å². The minimum absolute atomic E-state index is 0.483. The van der Waals surface area contributed by atoms with Crippen LogP contribution in [0.3, 0.4) is 0 Å². The Labute approximate surface area is 125 Å². The Morgan fingerprint density at radius 3 is 2.60 bits per heavy atom. The van der Waals surface area contributed by atoms with E-state index in [1.54, 1.807) is 12.4 Å². The lowest BCUT2D eigenvalue weighted by Crippen LogP contribution is -2.19. The number of hydrogen-bond acceptors (Lipinski definition) is 6. The monoisotopic (exact) mass is 337 g/mol. The van der Waals surface area contributed by atoms with Gasteiger partial charge in [-0.1, -0.05) is 11.6 Å². The van der Waals surface area contributed by atoms with Crippen molar-refractivity contribution in [1.82, 2.24) is 25.0 Å². The highest BCUT2D eigenvalue weighted by molar-refractivity contribution is 9.10. The second-order valence-corrected chi connectivity index (χ2v) is 6.08. The first-order valence-electron chi connectivity index (χ1n) is 6.68. The summed E-state index contributed by atoms with van der Waals surface area (Å²) in [5.41, 5.74) is 0. The number of nitrogens with zero attached hydrogens (tertiary/aromatic N) is 5. The van der Waals surface area contributed by atoms with Gasteiger partial charge in [-0.15, -0.1) is 0 Å². The van der Waals surface area contributed by atoms with Gasteiger partial charge in [0.05, 0.1) is 17.6 Å². The largest absolute Gasteiger partial charge is 0.339 e. The molecule has 0 unspecified atom stereocenters. The molecule has 0 aliphatic heterocycles. The summed E-state index contributed by atoms with van der Waals surface area (Å²) in [6.07, 6.45) is 7.11. The molecule has 2 aromatic rings. The third kappa shape index (κ3) is 3.21. The van der Waals surface area contributed by atoms with Crippen LogP contribution in [-0.2, 0) is 13.1 Å². The van der Waals surface area contributed by atoms with Gasteiger partial charge in [0, 0.05) is 18.3 Å². The van der Waals surface area contributed by atoms with Gasteiger partial charge in [0.1, 0.15) is 5.82 Å². The summed E-state index contributed by atoms with van der Waals surface area (Å²) < 4.78 is 6.19. The fourth-order valence-corrected chi connectivity index (χ4v) is 2.32. The van der Waals surface area contributed by atoms with E-state index in [-0.39, 0.29) is 0 Å². The van der Waals surface area contributed by atoms with Crippen molar-refractivity contribution in [3.8, 4) is 0 Å². The van der Waals surface area contributed by atoms with Crippen LogP contribution in [0.15, 0.2) is 21.4 Å². The predicted molar refractivity (Wildman–Crippen MR) is 75.8 cm³/mol. The van der Waals surface area contributed by atoms with E-state index in [0.29, 0.717) is 19.0 Å². The number of aromatic nitrogens is 4. The minimum atomic E-state index is 0.483. The molecule has 6 nitrogen and oxygen atoms in total. The molecule has 1 aliphatic carbocycles. The van der Waals surface area contributed by atoms with Crippen LogP contribution < -0.4 is 0 Å². The normalized spacial score (nSPS) is 15.6. The lowest BCUT2D eigenvalue weighted by atomic mass is 9.85. The zero-order valence-electron chi connectivity index (χ0n) is 11.3. The maximum absolute atomic E-state index is 5.31. The van der Waals surface area contributed by atoms with E-state index in [0.717, 1.165) is 22.0 Å². The Hall–Kier alpha value is -1.34. The van der Waals surface area contributed by atoms with Gasteiger partial charge in [0.15, 0.2) is 5.82 Å². The Morgan fingerprint density at radius 2 is 1.95 bits per heavy atom. The molecule has 2 heterocycles. The molecule has 0 atom stereocenters. The van der Waals surface area contributed by atoms with Crippen LogP contribution in [0.1, 0.15) is 42.7 Å². The molecule has 3 rings (SSSR count). The van der Waals surface area contributed by atoms with Crippen LogP contribution in [0.2, 0.25) is 0 Å². The predicted octanol–water partition coefficient (Wildman–Crippen LogP) is 2.52. The van der Waals surface area contributed by atoms with Crippen molar-refractivity contribution in [3.63, 3.8) is 0 Å². The zero-order valence-corrected chi connectivity index (χ0v) is 12.9. The summed E-state index contributed by atoms with van der Waals surface area (Å²) in [6, 6.07) is 0. The first-order valence-corrected chi connectivity index (χ1v) is 7.47. The van der Waals surface area contributed by atoms with Crippen LogP contribution in [0, 0.1) is 0 Å². The van der Waals surface area contributed by atoms with E-state index in [1.165, 1.54) is 19.3 Å². The van der Waals surface area contributed by atoms with Crippen molar-refractivity contribution in [1.29, 1.82) is 0 Å². The maximum atomic E-state index is 5.31. The average Bonchev–Trinajstić information content (AvgIpc) is 2.78. The van der Waals surface area contributed by atoms with Gasteiger partial charge in [-0.05, 0) is 35.8 Å². The molecule has 1 saturated carbocycles. The fourth-order valence-electron chi connectivity index (χ4n) is 2.11. The van der Waals surface area contributed by atoms with Crippen molar-refractivity contribution < 1.29 is 4.52 Å². The number of hydrogen-bond donors (Lipinski definition) is 0. The fraction of sp³-hybridized carbons (Fsp3) is 0.538. The molecule has 0 aromatic carbocycles. The van der Waals surface area contributed by atoms with Crippen molar-refractivity contribution in [3.05, 3.63) is 34.4 Å². The third-order valence-corrected chi connectivity index (χ3v) is 3.84. The first-order chi connectivity index (χ1) is 9.70. The van der Waals surface area contributed by atoms with Crippen LogP contribution in [0.4, 0.5) is 0 Å². The summed E-state index contributed by atoms with van der Waals surface area (Å²) in [4.78, 5) is 15.0. The highest BCUT2D eigenvalue weighted by atomic mass is 79.9. The highest BCUT2D eigenvalue weighted by Gasteiger charge is 2.25. The zero-order chi connectivity index (χ0) is 13.9. The van der Waals surface area contributed by atoms with Gasteiger partial charge in [-0.25, -0.2) is 9.97 Å². The Bertz CT molecular complexity index is 566. The summed E-state index contributed by atoms with van der Waals surface area (Å²) in [7, 11) is 1.99. The minimum Gasteiger partial charge on any atom is -0.339 e. The lowest BCUT2D eigenvalue weighted by Gasteiger charge is -2.20. The van der Waals surface area contributed by atoms with Crippen molar-refractivity contribution in [2.24, 2.45) is 0 Å². The standard InChI is InChI=1S/C13H16BrN5O/c1-19(7-11-15-5-10(14)6-16-11)8-12-17-13(20-18-12)9-3-2-4-9/h5-6,9H,2-4,7-8H2,1H3. The molecule has 0 amide bonds. The van der Waals surface area contributed by atoms with Crippen LogP contribution in [-0.4, -0.2) is 32.1 Å². The van der Waals surface area contributed by atoms with Crippen molar-refractivity contribution >= 4 is 15.9 Å². The van der Waals surface area contributed by atoms with Crippen LogP contribution >= 0.6 is 15.9 Å². The van der Waals surface area contributed by atoms with Gasteiger partial charge >= 0.3 is 0 Å². The van der Waals surface area contributed by atoms with Gasteiger partial charge in [-0.3, -0.25) is 4.90 Å². The summed E-state index contributed by atoms with van der Waals surface area (Å²) >= 11 is 3.32. The Balaban J connectivity index is 1.56. The van der Waals surface area contributed by atoms with Gasteiger partial charge in [-0.2, -0.15) is 4.98 Å². The lowest BCUT2D eigenvalue weighted by molar-refractivity contribution is 0.279. The van der Waals surface area contributed by atoms with Gasteiger partial charge in [0.2, 0.25) is 5.89 Å². The second kappa shape index (κ2) is 5.97. The highest BCUT2D eigenvalue weighted by Crippen LogP contribution is 2.35. The van der Waals surface area contributed by atoms with Gasteiger partial charge < -0.3 is 4.52 Å². The summed E-state index contributed by atoms with van der Waals surface area (Å²) in [5, 5.41) is 4.04. The smallest absolute Gasteiger partial charge is 0.229 e. The number of halogens is 1. The molecule has 20 heavy (non-hydrogen) atoms. The Kier molecular flexibility index (Phi) is 4.07. The van der Waals surface area contributed by atoms with Crippen LogP contribution in [0.25, 0.3) is 0 Å². The molecule has 7 heteroatoms. The molecule has 1 aliphatic rings. The van der Waals surface area contributed by atoms with E-state index < -0.39 is 0 Å². The Morgan fingerprint density at radius 1 is 1.25 bits per heavy atom. The van der Waals surface area contributed by atoms with E-state index in [2.05, 4.69) is 40.9 Å². The van der Waals surface area contributed by atoms with Crippen molar-refractivity contribution in [2.45, 2.75) is 38.3 Å². The molecule has 0 saturated heterocycles. The quantitative estimate of drug-likeness (QED) is 0.835. The molecule has 2 aromatic heterocycles. The van der Waals surface area contributed by atoms with E-state index >= 15 is 0 Å². The molecule has 1 fully saturated rings. The van der Waals surface area contributed by atoms with Crippen LogP contribution in [0.5, 0.6) is 0 Å². The maximum Gasteiger partial charge on any atom is 0.229 e. The molecule has 0 radical (unpaired) electrons. The third-order valence-electron chi connectivity index (χ3n) is 3.43. The van der Waals surface area contributed by atoms with E-state index in [1.807, 2.05) is 7.05 Å². The van der Waals surface area contributed by atoms with E-state index in [9.17, 15) is 0 Å². The molecular weight excluding hydrogens is 322 g/mol. The molecule has 0 spiro atoms. The van der Waals surface area contributed by atoms with Gasteiger partial charge in [0.25, 0.3) is 0 Å². The summed E-state index contributed by atoms with van der Waals surface area (Å²) in [6.45, 7) is 1.29. The molecule has 0 bridgehead atoms. The molecule has 106 valence electrons. The van der Waals surface area contributed by atoms with Crippen molar-refractivity contribution in [2.75, 3.05) is 7.05 Å². The van der Waals surface area contributed by atoms with E-state index in [4.69, 9.17) is 4.52 Å². The number of rotatable bonds is 5. The second-order valence-electron chi connectivity index (χ2n) is 5.17. The molecule has 0 N–H and O–H groups in total. The average molecular weight is 338 g/mol. The SMILES string of the molecule is CN(Cc1ncc(Br)cn1)Cc1noc(C2CCC2)n1.